The van der Waals surface area contributed by atoms with Crippen molar-refractivity contribution in [3.63, 3.8) is 0 Å². The Kier molecular flexibility index (Phi) is 2.52. The van der Waals surface area contributed by atoms with Gasteiger partial charge < -0.3 is 5.73 Å². The largest absolute Gasteiger partial charge is 0.330 e. The number of nitrogens with zero attached hydrogens (tertiary/aromatic N) is 6. The van der Waals surface area contributed by atoms with Crippen molar-refractivity contribution in [1.29, 1.82) is 0 Å². The molecule has 2 heterocycles. The Bertz CT molecular complexity index is 682. The van der Waals surface area contributed by atoms with Gasteiger partial charge in [0.05, 0.1) is 11.0 Å². The normalized spacial score (nSPS) is 11.2. The average molecular weight is 243 g/mol. The van der Waals surface area contributed by atoms with Gasteiger partial charge >= 0.3 is 0 Å². The summed E-state index contributed by atoms with van der Waals surface area (Å²) in [5.74, 6) is 1.52. The van der Waals surface area contributed by atoms with Crippen molar-refractivity contribution in [2.45, 2.75) is 6.42 Å². The molecular weight excluding hydrogens is 230 g/mol. The molecule has 0 radical (unpaired) electrons. The highest BCUT2D eigenvalue weighted by atomic mass is 15.6. The van der Waals surface area contributed by atoms with Crippen LogP contribution in [-0.4, -0.2) is 36.3 Å². The lowest BCUT2D eigenvalue weighted by Gasteiger charge is -2.05. The molecule has 0 aliphatic carbocycles. The SMILES string of the molecule is Cn1nnnc1-n1c(CCN)nc2ccccc21. The number of rotatable bonds is 3. The Hall–Kier alpha value is -2.28. The highest BCUT2D eigenvalue weighted by molar-refractivity contribution is 5.77. The standard InChI is InChI=1S/C11H13N7/c1-17-11(14-15-16-17)18-9-5-3-2-4-8(9)13-10(18)6-7-12/h2-5H,6-7,12H2,1H3. The molecule has 0 saturated heterocycles. The van der Waals surface area contributed by atoms with Gasteiger partial charge in [0.1, 0.15) is 5.82 Å². The predicted molar refractivity (Wildman–Crippen MR) is 66.2 cm³/mol. The molecule has 0 unspecified atom stereocenters. The van der Waals surface area contributed by atoms with E-state index in [9.17, 15) is 0 Å². The number of imidazole rings is 1. The maximum atomic E-state index is 5.63. The number of hydrogen-bond donors (Lipinski definition) is 1. The number of aromatic nitrogens is 6. The maximum Gasteiger partial charge on any atom is 0.255 e. The first kappa shape index (κ1) is 10.8. The van der Waals surface area contributed by atoms with E-state index >= 15 is 0 Å². The van der Waals surface area contributed by atoms with Crippen LogP contribution in [0.15, 0.2) is 24.3 Å². The highest BCUT2D eigenvalue weighted by Gasteiger charge is 2.15. The summed E-state index contributed by atoms with van der Waals surface area (Å²) < 4.78 is 3.57. The zero-order chi connectivity index (χ0) is 12.5. The van der Waals surface area contributed by atoms with E-state index in [2.05, 4.69) is 20.5 Å². The van der Waals surface area contributed by atoms with Gasteiger partial charge in [-0.1, -0.05) is 17.2 Å². The number of nitrogens with two attached hydrogens (primary N) is 1. The third kappa shape index (κ3) is 1.56. The lowest BCUT2D eigenvalue weighted by molar-refractivity contribution is 0.685. The van der Waals surface area contributed by atoms with Crippen LogP contribution in [0.4, 0.5) is 0 Å². The monoisotopic (exact) mass is 243 g/mol. The molecule has 2 aromatic heterocycles. The number of para-hydroxylation sites is 2. The molecule has 0 atom stereocenters. The van der Waals surface area contributed by atoms with Crippen LogP contribution in [-0.2, 0) is 13.5 Å². The van der Waals surface area contributed by atoms with Crippen LogP contribution < -0.4 is 5.73 Å². The van der Waals surface area contributed by atoms with Crippen LogP contribution in [0.25, 0.3) is 17.0 Å². The van der Waals surface area contributed by atoms with E-state index in [0.717, 1.165) is 16.9 Å². The van der Waals surface area contributed by atoms with E-state index in [0.29, 0.717) is 18.9 Å². The smallest absolute Gasteiger partial charge is 0.255 e. The number of fused-ring (bicyclic) bond motifs is 1. The molecule has 7 nitrogen and oxygen atoms in total. The first-order valence-corrected chi connectivity index (χ1v) is 5.70. The average Bonchev–Trinajstić information content (AvgIpc) is 2.93. The molecular formula is C11H13N7. The van der Waals surface area contributed by atoms with Gasteiger partial charge in [-0.25, -0.2) is 9.67 Å². The zero-order valence-electron chi connectivity index (χ0n) is 9.98. The summed E-state index contributed by atoms with van der Waals surface area (Å²) in [7, 11) is 1.80. The van der Waals surface area contributed by atoms with Crippen molar-refractivity contribution in [2.75, 3.05) is 6.54 Å². The molecule has 0 bridgehead atoms. The number of tetrazole rings is 1. The number of hydrogen-bond acceptors (Lipinski definition) is 5. The molecule has 1 aromatic carbocycles. The first-order chi connectivity index (χ1) is 8.81. The molecule has 3 rings (SSSR count). The van der Waals surface area contributed by atoms with Crippen molar-refractivity contribution < 1.29 is 0 Å². The van der Waals surface area contributed by atoms with E-state index in [-0.39, 0.29) is 0 Å². The topological polar surface area (TPSA) is 87.4 Å². The quantitative estimate of drug-likeness (QED) is 0.702. The second-order valence-electron chi connectivity index (χ2n) is 3.99. The highest BCUT2D eigenvalue weighted by Crippen LogP contribution is 2.19. The van der Waals surface area contributed by atoms with Gasteiger partial charge in [-0.05, 0) is 29.1 Å². The Labute approximate surface area is 103 Å². The summed E-state index contributed by atoms with van der Waals surface area (Å²) >= 11 is 0. The summed E-state index contributed by atoms with van der Waals surface area (Å²) in [5, 5.41) is 11.6. The Balaban J connectivity index is 2.31. The first-order valence-electron chi connectivity index (χ1n) is 5.70. The van der Waals surface area contributed by atoms with Gasteiger partial charge in [-0.15, -0.1) is 0 Å². The third-order valence-corrected chi connectivity index (χ3v) is 2.80. The summed E-state index contributed by atoms with van der Waals surface area (Å²) in [4.78, 5) is 4.57. The fourth-order valence-electron chi connectivity index (χ4n) is 2.01. The van der Waals surface area contributed by atoms with Gasteiger partial charge in [-0.2, -0.15) is 0 Å². The predicted octanol–water partition coefficient (Wildman–Crippen LogP) is 0.0502. The molecule has 0 fully saturated rings. The fourth-order valence-corrected chi connectivity index (χ4v) is 2.01. The van der Waals surface area contributed by atoms with Gasteiger partial charge in [0.2, 0.25) is 0 Å². The lowest BCUT2D eigenvalue weighted by atomic mass is 10.3. The summed E-state index contributed by atoms with van der Waals surface area (Å²) in [6.45, 7) is 0.536. The van der Waals surface area contributed by atoms with Gasteiger partial charge in [0.15, 0.2) is 0 Å². The van der Waals surface area contributed by atoms with Gasteiger partial charge in [-0.3, -0.25) is 4.57 Å². The van der Waals surface area contributed by atoms with E-state index < -0.39 is 0 Å². The second kappa shape index (κ2) is 4.19. The Morgan fingerprint density at radius 3 is 2.83 bits per heavy atom. The van der Waals surface area contributed by atoms with Crippen LogP contribution in [0.2, 0.25) is 0 Å². The second-order valence-corrected chi connectivity index (χ2v) is 3.99. The van der Waals surface area contributed by atoms with Crippen LogP contribution in [0.1, 0.15) is 5.82 Å². The van der Waals surface area contributed by atoms with Crippen LogP contribution in [0, 0.1) is 0 Å². The van der Waals surface area contributed by atoms with E-state index in [4.69, 9.17) is 5.73 Å². The van der Waals surface area contributed by atoms with Crippen molar-refractivity contribution in [1.82, 2.24) is 29.8 Å². The minimum absolute atomic E-state index is 0.536. The zero-order valence-corrected chi connectivity index (χ0v) is 9.98. The van der Waals surface area contributed by atoms with Crippen LogP contribution >= 0.6 is 0 Å². The molecule has 2 N–H and O–H groups in total. The Morgan fingerprint density at radius 1 is 1.28 bits per heavy atom. The van der Waals surface area contributed by atoms with Crippen molar-refractivity contribution >= 4 is 11.0 Å². The molecule has 18 heavy (non-hydrogen) atoms. The maximum absolute atomic E-state index is 5.63. The van der Waals surface area contributed by atoms with Gasteiger partial charge in [0.25, 0.3) is 5.95 Å². The summed E-state index contributed by atoms with van der Waals surface area (Å²) in [6.07, 6.45) is 0.682. The van der Waals surface area contributed by atoms with E-state index in [1.807, 2.05) is 28.8 Å². The Morgan fingerprint density at radius 2 is 2.11 bits per heavy atom. The summed E-state index contributed by atoms with van der Waals surface area (Å²) in [6, 6.07) is 7.89. The molecule has 3 aromatic rings. The summed E-state index contributed by atoms with van der Waals surface area (Å²) in [5.41, 5.74) is 7.54. The van der Waals surface area contributed by atoms with Crippen LogP contribution in [0.3, 0.4) is 0 Å². The minimum Gasteiger partial charge on any atom is -0.330 e. The van der Waals surface area contributed by atoms with E-state index in [1.54, 1.807) is 11.7 Å². The van der Waals surface area contributed by atoms with E-state index in [1.165, 1.54) is 0 Å². The van der Waals surface area contributed by atoms with Crippen molar-refractivity contribution in [2.24, 2.45) is 12.8 Å². The molecule has 0 spiro atoms. The molecule has 0 saturated carbocycles. The molecule has 0 aliphatic rings. The molecule has 0 amide bonds. The van der Waals surface area contributed by atoms with Crippen LogP contribution in [0.5, 0.6) is 0 Å². The van der Waals surface area contributed by atoms with Crippen molar-refractivity contribution in [3.8, 4) is 5.95 Å². The molecule has 7 heteroatoms. The fraction of sp³-hybridized carbons (Fsp3) is 0.273. The molecule has 92 valence electrons. The molecule has 0 aliphatic heterocycles. The number of benzene rings is 1. The van der Waals surface area contributed by atoms with Crippen molar-refractivity contribution in [3.05, 3.63) is 30.1 Å². The lowest BCUT2D eigenvalue weighted by Crippen LogP contribution is -2.12. The van der Waals surface area contributed by atoms with Gasteiger partial charge in [0, 0.05) is 13.5 Å². The third-order valence-electron chi connectivity index (χ3n) is 2.80. The minimum atomic E-state index is 0.536. The number of aryl methyl sites for hydroxylation is 1.